The van der Waals surface area contributed by atoms with Gasteiger partial charge >= 0.3 is 0 Å². The zero-order chi connectivity index (χ0) is 20.3. The Labute approximate surface area is 171 Å². The van der Waals surface area contributed by atoms with E-state index >= 15 is 0 Å². The van der Waals surface area contributed by atoms with Crippen LogP contribution in [0.5, 0.6) is 0 Å². The fourth-order valence-corrected chi connectivity index (χ4v) is 4.26. The lowest BCUT2D eigenvalue weighted by atomic mass is 9.76. The first-order chi connectivity index (χ1) is 14.1. The average molecular weight is 416 g/mol. The van der Waals surface area contributed by atoms with Crippen LogP contribution in [0.1, 0.15) is 35.6 Å². The second-order valence-electron chi connectivity index (χ2n) is 7.16. The summed E-state index contributed by atoms with van der Waals surface area (Å²) >= 11 is 1.40. The molecule has 0 spiro atoms. The highest BCUT2D eigenvalue weighted by Crippen LogP contribution is 2.37. The molecule has 4 rings (SSSR count). The van der Waals surface area contributed by atoms with Crippen LogP contribution in [0.2, 0.25) is 0 Å². The molecule has 0 bridgehead atoms. The quantitative estimate of drug-likeness (QED) is 0.611. The number of methoxy groups -OCH3 is 1. The standard InChI is InChI=1S/C20H21FN4O3S/c1-27-10-8-20(7-2-9-25(12-20)18(26)16-11-29-13-22-16)19-23-17(28-24-19)14-3-5-15(21)6-4-14/h3-6,11,13H,2,7-10,12H2,1H3. The first kappa shape index (κ1) is 19.7. The molecule has 1 aromatic carbocycles. The van der Waals surface area contributed by atoms with Crippen molar-refractivity contribution in [2.45, 2.75) is 24.7 Å². The van der Waals surface area contributed by atoms with E-state index in [2.05, 4.69) is 15.1 Å². The molecule has 2 aromatic heterocycles. The van der Waals surface area contributed by atoms with Crippen LogP contribution < -0.4 is 0 Å². The van der Waals surface area contributed by atoms with Crippen molar-refractivity contribution in [1.82, 2.24) is 20.0 Å². The third-order valence-corrected chi connectivity index (χ3v) is 5.88. The summed E-state index contributed by atoms with van der Waals surface area (Å²) in [6, 6.07) is 5.92. The van der Waals surface area contributed by atoms with Crippen LogP contribution in [-0.2, 0) is 10.2 Å². The largest absolute Gasteiger partial charge is 0.385 e. The van der Waals surface area contributed by atoms with Gasteiger partial charge in [-0.2, -0.15) is 4.98 Å². The lowest BCUT2D eigenvalue weighted by molar-refractivity contribution is 0.0562. The summed E-state index contributed by atoms with van der Waals surface area (Å²) in [5, 5.41) is 5.99. The van der Waals surface area contributed by atoms with Gasteiger partial charge in [-0.3, -0.25) is 4.79 Å². The van der Waals surface area contributed by atoms with Gasteiger partial charge < -0.3 is 14.2 Å². The van der Waals surface area contributed by atoms with Crippen LogP contribution >= 0.6 is 11.3 Å². The Kier molecular flexibility index (Phi) is 5.68. The maximum absolute atomic E-state index is 13.2. The van der Waals surface area contributed by atoms with Gasteiger partial charge in [0.1, 0.15) is 11.5 Å². The summed E-state index contributed by atoms with van der Waals surface area (Å²) < 4.78 is 24.0. The maximum atomic E-state index is 13.2. The van der Waals surface area contributed by atoms with Crippen LogP contribution in [0.15, 0.2) is 39.7 Å². The third-order valence-electron chi connectivity index (χ3n) is 5.29. The van der Waals surface area contributed by atoms with Crippen molar-refractivity contribution >= 4 is 17.2 Å². The third kappa shape index (κ3) is 4.06. The van der Waals surface area contributed by atoms with Crippen molar-refractivity contribution in [3.63, 3.8) is 0 Å². The monoisotopic (exact) mass is 416 g/mol. The fraction of sp³-hybridized carbons (Fsp3) is 0.400. The normalized spacial score (nSPS) is 19.4. The minimum Gasteiger partial charge on any atom is -0.385 e. The Morgan fingerprint density at radius 3 is 2.93 bits per heavy atom. The van der Waals surface area contributed by atoms with Crippen LogP contribution in [0, 0.1) is 5.82 Å². The van der Waals surface area contributed by atoms with Crippen molar-refractivity contribution in [2.75, 3.05) is 26.8 Å². The first-order valence-electron chi connectivity index (χ1n) is 9.38. The van der Waals surface area contributed by atoms with E-state index in [1.165, 1.54) is 23.5 Å². The fourth-order valence-electron chi connectivity index (χ4n) is 3.73. The van der Waals surface area contributed by atoms with Gasteiger partial charge in [0.15, 0.2) is 5.82 Å². The summed E-state index contributed by atoms with van der Waals surface area (Å²) in [4.78, 5) is 23.4. The molecule has 1 amide bonds. The number of carbonyl (C=O) groups excluding carboxylic acids is 1. The van der Waals surface area contributed by atoms with E-state index in [-0.39, 0.29) is 11.7 Å². The second-order valence-corrected chi connectivity index (χ2v) is 7.88. The minimum atomic E-state index is -0.471. The van der Waals surface area contributed by atoms with Gasteiger partial charge in [-0.15, -0.1) is 11.3 Å². The zero-order valence-corrected chi connectivity index (χ0v) is 16.8. The van der Waals surface area contributed by atoms with E-state index in [1.54, 1.807) is 30.1 Å². The van der Waals surface area contributed by atoms with E-state index in [9.17, 15) is 9.18 Å². The molecule has 0 saturated carbocycles. The molecule has 9 heteroatoms. The molecule has 1 atom stereocenters. The molecular formula is C20H21FN4O3S. The number of likely N-dealkylation sites (tertiary alicyclic amines) is 1. The average Bonchev–Trinajstić information content (AvgIpc) is 3.45. The molecule has 0 aliphatic carbocycles. The Bertz CT molecular complexity index is 961. The molecule has 152 valence electrons. The van der Waals surface area contributed by atoms with Gasteiger partial charge in [-0.1, -0.05) is 5.16 Å². The van der Waals surface area contributed by atoms with Crippen LogP contribution in [0.4, 0.5) is 4.39 Å². The number of piperidine rings is 1. The van der Waals surface area contributed by atoms with Gasteiger partial charge in [0.2, 0.25) is 0 Å². The van der Waals surface area contributed by atoms with Gasteiger partial charge in [-0.05, 0) is 43.5 Å². The predicted octanol–water partition coefficient (Wildman–Crippen LogP) is 3.54. The number of carbonyl (C=O) groups is 1. The molecule has 1 aliphatic rings. The molecule has 1 fully saturated rings. The first-order valence-corrected chi connectivity index (χ1v) is 10.3. The molecular weight excluding hydrogens is 395 g/mol. The zero-order valence-electron chi connectivity index (χ0n) is 16.0. The Morgan fingerprint density at radius 1 is 1.38 bits per heavy atom. The van der Waals surface area contributed by atoms with E-state index < -0.39 is 5.41 Å². The van der Waals surface area contributed by atoms with Crippen molar-refractivity contribution in [3.05, 3.63) is 52.5 Å². The van der Waals surface area contributed by atoms with E-state index in [4.69, 9.17) is 9.26 Å². The molecule has 1 aliphatic heterocycles. The summed E-state index contributed by atoms with van der Waals surface area (Å²) in [6.45, 7) is 1.64. The number of halogens is 1. The van der Waals surface area contributed by atoms with E-state index in [0.717, 1.165) is 12.8 Å². The molecule has 7 nitrogen and oxygen atoms in total. The minimum absolute atomic E-state index is 0.0880. The molecule has 0 radical (unpaired) electrons. The lowest BCUT2D eigenvalue weighted by Gasteiger charge is -2.40. The highest BCUT2D eigenvalue weighted by molar-refractivity contribution is 7.07. The molecule has 29 heavy (non-hydrogen) atoms. The molecule has 3 aromatic rings. The van der Waals surface area contributed by atoms with Crippen molar-refractivity contribution in [2.24, 2.45) is 0 Å². The van der Waals surface area contributed by atoms with Crippen molar-refractivity contribution in [3.8, 4) is 11.5 Å². The smallest absolute Gasteiger partial charge is 0.273 e. The summed E-state index contributed by atoms with van der Waals surface area (Å²) in [6.07, 6.45) is 2.30. The van der Waals surface area contributed by atoms with Gasteiger partial charge in [-0.25, -0.2) is 9.37 Å². The topological polar surface area (TPSA) is 81.4 Å². The van der Waals surface area contributed by atoms with Crippen LogP contribution in [-0.4, -0.2) is 52.7 Å². The number of amides is 1. The SMILES string of the molecule is COCCC1(c2noc(-c3ccc(F)cc3)n2)CCCN(C(=O)c2cscn2)C1. The van der Waals surface area contributed by atoms with Gasteiger partial charge in [0, 0.05) is 37.7 Å². The number of hydrogen-bond donors (Lipinski definition) is 0. The second kappa shape index (κ2) is 8.38. The molecule has 1 saturated heterocycles. The number of ether oxygens (including phenoxy) is 1. The highest BCUT2D eigenvalue weighted by atomic mass is 32.1. The number of rotatable bonds is 6. The number of aromatic nitrogens is 3. The van der Waals surface area contributed by atoms with Crippen LogP contribution in [0.3, 0.4) is 0 Å². The van der Waals surface area contributed by atoms with Gasteiger partial charge in [0.05, 0.1) is 10.9 Å². The summed E-state index contributed by atoms with van der Waals surface area (Å²) in [5.41, 5.74) is 2.29. The Hall–Kier alpha value is -2.65. The Balaban J connectivity index is 1.63. The van der Waals surface area contributed by atoms with Gasteiger partial charge in [0.25, 0.3) is 11.8 Å². The number of benzene rings is 1. The van der Waals surface area contributed by atoms with E-state index in [1.807, 2.05) is 4.90 Å². The van der Waals surface area contributed by atoms with Crippen molar-refractivity contribution in [1.29, 1.82) is 0 Å². The highest BCUT2D eigenvalue weighted by Gasteiger charge is 2.42. The molecule has 3 heterocycles. The number of nitrogens with zero attached hydrogens (tertiary/aromatic N) is 4. The lowest BCUT2D eigenvalue weighted by Crippen LogP contribution is -2.49. The molecule has 0 N–H and O–H groups in total. The van der Waals surface area contributed by atoms with Crippen LogP contribution in [0.25, 0.3) is 11.5 Å². The number of thiazole rings is 1. The predicted molar refractivity (Wildman–Crippen MR) is 105 cm³/mol. The maximum Gasteiger partial charge on any atom is 0.273 e. The number of hydrogen-bond acceptors (Lipinski definition) is 7. The Morgan fingerprint density at radius 2 is 2.21 bits per heavy atom. The molecule has 1 unspecified atom stereocenters. The van der Waals surface area contributed by atoms with Crippen molar-refractivity contribution < 1.29 is 18.4 Å². The van der Waals surface area contributed by atoms with E-state index in [0.29, 0.717) is 49.1 Å². The summed E-state index contributed by atoms with van der Waals surface area (Å²) in [7, 11) is 1.65. The summed E-state index contributed by atoms with van der Waals surface area (Å²) in [5.74, 6) is 0.466.